The Morgan fingerprint density at radius 3 is 2.56 bits per heavy atom. The molecule has 1 fully saturated rings. The molecule has 0 radical (unpaired) electrons. The van der Waals surface area contributed by atoms with Crippen LogP contribution in [-0.4, -0.2) is 17.0 Å². The number of primary amides is 1. The quantitative estimate of drug-likeness (QED) is 0.828. The van der Waals surface area contributed by atoms with E-state index in [0.29, 0.717) is 12.5 Å². The van der Waals surface area contributed by atoms with Crippen LogP contribution in [0.4, 0.5) is 4.79 Å². The lowest BCUT2D eigenvalue weighted by Gasteiger charge is -2.27. The fraction of sp³-hybridized carbons (Fsp3) is 0.462. The third-order valence-corrected chi connectivity index (χ3v) is 3.27. The third-order valence-electron chi connectivity index (χ3n) is 3.27. The molecule has 3 heteroatoms. The van der Waals surface area contributed by atoms with E-state index < -0.39 is 0 Å². The highest BCUT2D eigenvalue weighted by atomic mass is 16.2. The summed E-state index contributed by atoms with van der Waals surface area (Å²) in [4.78, 5) is 13.2. The van der Waals surface area contributed by atoms with Gasteiger partial charge in [0, 0.05) is 12.6 Å². The van der Waals surface area contributed by atoms with Crippen LogP contribution in [0.2, 0.25) is 0 Å². The van der Waals surface area contributed by atoms with Gasteiger partial charge in [-0.25, -0.2) is 4.79 Å². The van der Waals surface area contributed by atoms with Crippen LogP contribution < -0.4 is 5.73 Å². The molecule has 1 atom stereocenters. The molecule has 2 rings (SSSR count). The van der Waals surface area contributed by atoms with Crippen molar-refractivity contribution in [2.24, 2.45) is 11.7 Å². The lowest BCUT2D eigenvalue weighted by atomic mass is 10.1. The largest absolute Gasteiger partial charge is 0.351 e. The zero-order chi connectivity index (χ0) is 11.5. The van der Waals surface area contributed by atoms with Gasteiger partial charge >= 0.3 is 6.03 Å². The number of nitrogens with two attached hydrogens (primary N) is 1. The minimum atomic E-state index is -0.316. The van der Waals surface area contributed by atoms with E-state index in [1.54, 1.807) is 4.90 Å². The summed E-state index contributed by atoms with van der Waals surface area (Å²) < 4.78 is 0. The Balaban J connectivity index is 2.05. The fourth-order valence-electron chi connectivity index (χ4n) is 2.04. The van der Waals surface area contributed by atoms with E-state index in [-0.39, 0.29) is 12.1 Å². The van der Waals surface area contributed by atoms with Gasteiger partial charge in [0.05, 0.1) is 0 Å². The third kappa shape index (κ3) is 2.54. The van der Waals surface area contributed by atoms with Crippen molar-refractivity contribution in [1.82, 2.24) is 4.90 Å². The molecule has 1 aromatic rings. The maximum Gasteiger partial charge on any atom is 0.315 e. The Kier molecular flexibility index (Phi) is 3.13. The number of carbonyl (C=O) groups is 1. The molecule has 1 saturated carbocycles. The second kappa shape index (κ2) is 4.56. The number of hydrogen-bond donors (Lipinski definition) is 1. The molecule has 0 aliphatic heterocycles. The number of nitrogens with zero attached hydrogens (tertiary/aromatic N) is 1. The van der Waals surface area contributed by atoms with Gasteiger partial charge in [-0.2, -0.15) is 0 Å². The predicted octanol–water partition coefficient (Wildman–Crippen LogP) is 2.37. The van der Waals surface area contributed by atoms with Crippen LogP contribution in [0, 0.1) is 5.92 Å². The molecular weight excluding hydrogens is 200 g/mol. The van der Waals surface area contributed by atoms with Crippen LogP contribution in [-0.2, 0) is 6.54 Å². The summed E-state index contributed by atoms with van der Waals surface area (Å²) in [5.41, 5.74) is 6.57. The number of benzene rings is 1. The Bertz CT molecular complexity index is 359. The first kappa shape index (κ1) is 11.0. The SMILES string of the molecule is CC(C1CC1)N(Cc1ccccc1)C(N)=O. The molecule has 0 heterocycles. The molecule has 0 aromatic heterocycles. The van der Waals surface area contributed by atoms with Crippen LogP contribution >= 0.6 is 0 Å². The molecule has 0 saturated heterocycles. The van der Waals surface area contributed by atoms with Crippen molar-refractivity contribution in [1.29, 1.82) is 0 Å². The Morgan fingerprint density at radius 2 is 2.06 bits per heavy atom. The van der Waals surface area contributed by atoms with Crippen molar-refractivity contribution in [2.45, 2.75) is 32.4 Å². The van der Waals surface area contributed by atoms with Gasteiger partial charge in [0.15, 0.2) is 0 Å². The molecule has 2 N–H and O–H groups in total. The van der Waals surface area contributed by atoms with Crippen LogP contribution in [0.5, 0.6) is 0 Å². The lowest BCUT2D eigenvalue weighted by molar-refractivity contribution is 0.176. The molecule has 0 bridgehead atoms. The summed E-state index contributed by atoms with van der Waals surface area (Å²) in [6.07, 6.45) is 2.44. The summed E-state index contributed by atoms with van der Waals surface area (Å²) in [6.45, 7) is 2.71. The second-order valence-corrected chi connectivity index (χ2v) is 4.53. The van der Waals surface area contributed by atoms with Gasteiger partial charge in [-0.05, 0) is 31.2 Å². The Morgan fingerprint density at radius 1 is 1.44 bits per heavy atom. The van der Waals surface area contributed by atoms with Gasteiger partial charge in [-0.3, -0.25) is 0 Å². The number of hydrogen-bond acceptors (Lipinski definition) is 1. The molecule has 2 amide bonds. The smallest absolute Gasteiger partial charge is 0.315 e. The van der Waals surface area contributed by atoms with Crippen molar-refractivity contribution in [3.8, 4) is 0 Å². The van der Waals surface area contributed by atoms with Crippen LogP contribution in [0.25, 0.3) is 0 Å². The molecule has 3 nitrogen and oxygen atoms in total. The topological polar surface area (TPSA) is 46.3 Å². The van der Waals surface area contributed by atoms with E-state index in [0.717, 1.165) is 5.56 Å². The van der Waals surface area contributed by atoms with E-state index in [9.17, 15) is 4.79 Å². The maximum absolute atomic E-state index is 11.4. The Hall–Kier alpha value is -1.51. The van der Waals surface area contributed by atoms with Gasteiger partial charge < -0.3 is 10.6 Å². The summed E-state index contributed by atoms with van der Waals surface area (Å²) in [5.74, 6) is 0.649. The molecule has 0 spiro atoms. The van der Waals surface area contributed by atoms with Gasteiger partial charge in [0.2, 0.25) is 0 Å². The average molecular weight is 218 g/mol. The van der Waals surface area contributed by atoms with Crippen LogP contribution in [0.15, 0.2) is 30.3 Å². The van der Waals surface area contributed by atoms with Crippen LogP contribution in [0.1, 0.15) is 25.3 Å². The van der Waals surface area contributed by atoms with E-state index >= 15 is 0 Å². The minimum Gasteiger partial charge on any atom is -0.351 e. The summed E-state index contributed by atoms with van der Waals surface area (Å²) >= 11 is 0. The van der Waals surface area contributed by atoms with Gasteiger partial charge in [0.1, 0.15) is 0 Å². The molecule has 1 aromatic carbocycles. The van der Waals surface area contributed by atoms with Crippen molar-refractivity contribution < 1.29 is 4.79 Å². The highest BCUT2D eigenvalue weighted by molar-refractivity contribution is 5.72. The monoisotopic (exact) mass is 218 g/mol. The van der Waals surface area contributed by atoms with Gasteiger partial charge in [-0.1, -0.05) is 30.3 Å². The highest BCUT2D eigenvalue weighted by Crippen LogP contribution is 2.35. The first-order valence-electron chi connectivity index (χ1n) is 5.78. The van der Waals surface area contributed by atoms with E-state index in [1.807, 2.05) is 30.3 Å². The van der Waals surface area contributed by atoms with Crippen molar-refractivity contribution in [3.63, 3.8) is 0 Å². The molecule has 1 unspecified atom stereocenters. The molecule has 16 heavy (non-hydrogen) atoms. The average Bonchev–Trinajstić information content (AvgIpc) is 3.10. The fourth-order valence-corrected chi connectivity index (χ4v) is 2.04. The van der Waals surface area contributed by atoms with E-state index in [1.165, 1.54) is 12.8 Å². The predicted molar refractivity (Wildman–Crippen MR) is 63.8 cm³/mol. The first-order valence-corrected chi connectivity index (χ1v) is 5.78. The number of amides is 2. The summed E-state index contributed by atoms with van der Waals surface area (Å²) in [5, 5.41) is 0. The molecular formula is C13H18N2O. The molecule has 1 aliphatic rings. The zero-order valence-corrected chi connectivity index (χ0v) is 9.60. The second-order valence-electron chi connectivity index (χ2n) is 4.53. The van der Waals surface area contributed by atoms with Gasteiger partial charge in [0.25, 0.3) is 0 Å². The minimum absolute atomic E-state index is 0.262. The number of carbonyl (C=O) groups excluding carboxylic acids is 1. The van der Waals surface area contributed by atoms with Crippen molar-refractivity contribution in [2.75, 3.05) is 0 Å². The lowest BCUT2D eigenvalue weighted by Crippen LogP contribution is -2.42. The van der Waals surface area contributed by atoms with Gasteiger partial charge in [-0.15, -0.1) is 0 Å². The standard InChI is InChI=1S/C13H18N2O/c1-10(12-7-8-12)15(13(14)16)9-11-5-3-2-4-6-11/h2-6,10,12H,7-9H2,1H3,(H2,14,16). The highest BCUT2D eigenvalue weighted by Gasteiger charge is 2.33. The van der Waals surface area contributed by atoms with Crippen molar-refractivity contribution >= 4 is 6.03 Å². The number of urea groups is 1. The first-order chi connectivity index (χ1) is 7.68. The van der Waals surface area contributed by atoms with Crippen molar-refractivity contribution in [3.05, 3.63) is 35.9 Å². The van der Waals surface area contributed by atoms with Crippen LogP contribution in [0.3, 0.4) is 0 Å². The zero-order valence-electron chi connectivity index (χ0n) is 9.60. The normalized spacial score (nSPS) is 16.8. The van der Waals surface area contributed by atoms with E-state index in [4.69, 9.17) is 5.73 Å². The molecule has 86 valence electrons. The summed E-state index contributed by atoms with van der Waals surface area (Å²) in [6, 6.07) is 9.93. The summed E-state index contributed by atoms with van der Waals surface area (Å²) in [7, 11) is 0. The Labute approximate surface area is 96.2 Å². The molecule has 1 aliphatic carbocycles. The maximum atomic E-state index is 11.4. The number of rotatable bonds is 4. The van der Waals surface area contributed by atoms with E-state index in [2.05, 4.69) is 6.92 Å².